The minimum Gasteiger partial charge on any atom is -0.369 e. The van der Waals surface area contributed by atoms with Crippen molar-refractivity contribution in [2.24, 2.45) is 0 Å². The Hall–Kier alpha value is -3.10. The van der Waals surface area contributed by atoms with E-state index in [1.807, 2.05) is 23.6 Å². The molecule has 2 aromatic heterocycles. The van der Waals surface area contributed by atoms with Gasteiger partial charge in [0.25, 0.3) is 0 Å². The molecule has 0 unspecified atom stereocenters. The predicted molar refractivity (Wildman–Crippen MR) is 129 cm³/mol. The highest BCUT2D eigenvalue weighted by molar-refractivity contribution is 7.09. The normalized spacial score (nSPS) is 15.7. The van der Waals surface area contributed by atoms with Gasteiger partial charge in [0.2, 0.25) is 0 Å². The van der Waals surface area contributed by atoms with E-state index >= 15 is 4.39 Å². The summed E-state index contributed by atoms with van der Waals surface area (Å²) in [6, 6.07) is 17.2. The van der Waals surface area contributed by atoms with Gasteiger partial charge in [-0.2, -0.15) is 0 Å². The summed E-state index contributed by atoms with van der Waals surface area (Å²) in [6.07, 6.45) is 0. The van der Waals surface area contributed by atoms with Gasteiger partial charge in [0.15, 0.2) is 5.82 Å². The fourth-order valence-electron chi connectivity index (χ4n) is 4.57. The van der Waals surface area contributed by atoms with E-state index in [0.29, 0.717) is 17.9 Å². The molecule has 0 bridgehead atoms. The molecule has 33 heavy (non-hydrogen) atoms. The lowest BCUT2D eigenvalue weighted by Crippen LogP contribution is -2.48. The highest BCUT2D eigenvalue weighted by Crippen LogP contribution is 2.32. The van der Waals surface area contributed by atoms with Crippen LogP contribution in [0.15, 0.2) is 60.0 Å². The molecular weight excluding hydrogens is 435 g/mol. The van der Waals surface area contributed by atoms with Crippen LogP contribution in [0, 0.1) is 19.7 Å². The number of thiophene rings is 1. The molecule has 1 saturated heterocycles. The van der Waals surface area contributed by atoms with Crippen molar-refractivity contribution >= 4 is 17.0 Å². The lowest BCUT2D eigenvalue weighted by Gasteiger charge is -2.40. The molecule has 0 radical (unpaired) electrons. The summed E-state index contributed by atoms with van der Waals surface area (Å²) in [7, 11) is 0. The van der Waals surface area contributed by atoms with Gasteiger partial charge < -0.3 is 4.90 Å². The number of aromatic nitrogens is 4. The molecule has 3 heterocycles. The van der Waals surface area contributed by atoms with Gasteiger partial charge in [-0.15, -0.1) is 16.4 Å². The Morgan fingerprint density at radius 2 is 1.79 bits per heavy atom. The standard InChI is InChI=1S/C25H27FN6S/c1-18-7-5-11-23(19(18)2)30-12-14-31(15-13-30)24(21-9-3-4-10-22(21)26)25-27-28-29-32(25)17-20-8-6-16-33-20/h3-11,16,24H,12-15,17H2,1-2H3/t24-/m1/s1. The first-order valence-electron chi connectivity index (χ1n) is 11.2. The molecule has 5 rings (SSSR count). The van der Waals surface area contributed by atoms with Crippen molar-refractivity contribution in [3.05, 3.63) is 93.2 Å². The maximum atomic E-state index is 15.0. The van der Waals surface area contributed by atoms with E-state index in [2.05, 4.69) is 63.4 Å². The smallest absolute Gasteiger partial charge is 0.173 e. The summed E-state index contributed by atoms with van der Waals surface area (Å²) in [5.41, 5.74) is 4.50. The zero-order valence-electron chi connectivity index (χ0n) is 18.9. The topological polar surface area (TPSA) is 50.1 Å². The summed E-state index contributed by atoms with van der Waals surface area (Å²) in [5.74, 6) is 0.443. The van der Waals surface area contributed by atoms with Crippen molar-refractivity contribution in [2.75, 3.05) is 31.1 Å². The van der Waals surface area contributed by atoms with E-state index < -0.39 is 0 Å². The van der Waals surface area contributed by atoms with E-state index in [4.69, 9.17) is 0 Å². The van der Waals surface area contributed by atoms with Crippen LogP contribution >= 0.6 is 11.3 Å². The third kappa shape index (κ3) is 4.41. The molecule has 170 valence electrons. The Bertz CT molecular complexity index is 1210. The number of tetrazole rings is 1. The Morgan fingerprint density at radius 3 is 2.55 bits per heavy atom. The zero-order valence-corrected chi connectivity index (χ0v) is 19.7. The van der Waals surface area contributed by atoms with Crippen molar-refractivity contribution in [1.82, 2.24) is 25.1 Å². The van der Waals surface area contributed by atoms with E-state index in [9.17, 15) is 0 Å². The van der Waals surface area contributed by atoms with Crippen LogP contribution in [-0.2, 0) is 6.54 Å². The molecule has 0 N–H and O–H groups in total. The maximum Gasteiger partial charge on any atom is 0.173 e. The van der Waals surface area contributed by atoms with Gasteiger partial charge in [-0.25, -0.2) is 9.07 Å². The third-order valence-electron chi connectivity index (χ3n) is 6.49. The summed E-state index contributed by atoms with van der Waals surface area (Å²) < 4.78 is 16.8. The lowest BCUT2D eigenvalue weighted by molar-refractivity contribution is 0.198. The Labute approximate surface area is 197 Å². The monoisotopic (exact) mass is 462 g/mol. The quantitative estimate of drug-likeness (QED) is 0.424. The van der Waals surface area contributed by atoms with Crippen molar-refractivity contribution < 1.29 is 4.39 Å². The molecule has 4 aromatic rings. The van der Waals surface area contributed by atoms with Crippen LogP contribution in [-0.4, -0.2) is 51.3 Å². The van der Waals surface area contributed by atoms with Crippen LogP contribution in [0.1, 0.15) is 33.4 Å². The molecule has 0 aliphatic carbocycles. The van der Waals surface area contributed by atoms with Crippen molar-refractivity contribution in [3.63, 3.8) is 0 Å². The lowest BCUT2D eigenvalue weighted by atomic mass is 10.0. The van der Waals surface area contributed by atoms with Gasteiger partial charge >= 0.3 is 0 Å². The first-order valence-corrected chi connectivity index (χ1v) is 12.1. The van der Waals surface area contributed by atoms with Gasteiger partial charge in [0, 0.05) is 42.3 Å². The molecule has 1 aliphatic rings. The number of aryl methyl sites for hydroxylation is 1. The van der Waals surface area contributed by atoms with Crippen LogP contribution in [0.25, 0.3) is 0 Å². The predicted octanol–water partition coefficient (Wildman–Crippen LogP) is 4.45. The first kappa shape index (κ1) is 21.7. The number of nitrogens with zero attached hydrogens (tertiary/aromatic N) is 6. The molecule has 6 nitrogen and oxygen atoms in total. The molecule has 2 aromatic carbocycles. The fourth-order valence-corrected chi connectivity index (χ4v) is 5.25. The Morgan fingerprint density at radius 1 is 0.970 bits per heavy atom. The fraction of sp³-hybridized carbons (Fsp3) is 0.320. The number of halogens is 1. The second-order valence-electron chi connectivity index (χ2n) is 8.44. The number of anilines is 1. The average molecular weight is 463 g/mol. The molecule has 1 atom stereocenters. The van der Waals surface area contributed by atoms with Gasteiger partial charge in [0.1, 0.15) is 11.9 Å². The van der Waals surface area contributed by atoms with E-state index in [1.165, 1.54) is 22.9 Å². The summed E-state index contributed by atoms with van der Waals surface area (Å²) >= 11 is 1.67. The zero-order chi connectivity index (χ0) is 22.8. The highest BCUT2D eigenvalue weighted by Gasteiger charge is 2.32. The highest BCUT2D eigenvalue weighted by atomic mass is 32.1. The van der Waals surface area contributed by atoms with Crippen LogP contribution in [0.3, 0.4) is 0 Å². The van der Waals surface area contributed by atoms with Crippen LogP contribution in [0.4, 0.5) is 10.1 Å². The van der Waals surface area contributed by atoms with E-state index in [-0.39, 0.29) is 11.9 Å². The molecule has 0 saturated carbocycles. The summed E-state index contributed by atoms with van der Waals surface area (Å²) in [6.45, 7) is 8.21. The largest absolute Gasteiger partial charge is 0.369 e. The SMILES string of the molecule is Cc1cccc(N2CCN([C@H](c3ccccc3F)c3nnnn3Cc3cccs3)CC2)c1C. The molecule has 1 aliphatic heterocycles. The van der Waals surface area contributed by atoms with E-state index in [0.717, 1.165) is 31.1 Å². The average Bonchev–Trinajstić information content (AvgIpc) is 3.51. The maximum absolute atomic E-state index is 15.0. The van der Waals surface area contributed by atoms with Crippen molar-refractivity contribution in [2.45, 2.75) is 26.4 Å². The number of benzene rings is 2. The van der Waals surface area contributed by atoms with Gasteiger partial charge in [-0.1, -0.05) is 36.4 Å². The molecule has 0 spiro atoms. The van der Waals surface area contributed by atoms with Crippen LogP contribution in [0.2, 0.25) is 0 Å². The summed E-state index contributed by atoms with van der Waals surface area (Å²) in [4.78, 5) is 5.89. The summed E-state index contributed by atoms with van der Waals surface area (Å²) in [5, 5.41) is 14.6. The van der Waals surface area contributed by atoms with Crippen LogP contribution < -0.4 is 4.90 Å². The number of piperazine rings is 1. The number of hydrogen-bond donors (Lipinski definition) is 0. The number of hydrogen-bond acceptors (Lipinski definition) is 6. The van der Waals surface area contributed by atoms with E-state index in [1.54, 1.807) is 22.1 Å². The second-order valence-corrected chi connectivity index (χ2v) is 9.47. The van der Waals surface area contributed by atoms with Crippen LogP contribution in [0.5, 0.6) is 0 Å². The number of rotatable bonds is 6. The third-order valence-corrected chi connectivity index (χ3v) is 7.35. The Kier molecular flexibility index (Phi) is 6.20. The molecule has 8 heteroatoms. The minimum atomic E-state index is -0.345. The van der Waals surface area contributed by atoms with Gasteiger partial charge in [0.05, 0.1) is 6.54 Å². The molecular formula is C25H27FN6S. The van der Waals surface area contributed by atoms with Gasteiger partial charge in [-0.3, -0.25) is 4.90 Å². The van der Waals surface area contributed by atoms with Gasteiger partial charge in [-0.05, 0) is 59.0 Å². The molecule has 1 fully saturated rings. The van der Waals surface area contributed by atoms with Crippen molar-refractivity contribution in [1.29, 1.82) is 0 Å². The minimum absolute atomic E-state index is 0.231. The first-order chi connectivity index (χ1) is 16.1. The second kappa shape index (κ2) is 9.41. The Balaban J connectivity index is 1.44. The molecule has 0 amide bonds. The van der Waals surface area contributed by atoms with Crippen molar-refractivity contribution in [3.8, 4) is 0 Å².